The van der Waals surface area contributed by atoms with Gasteiger partial charge in [0.2, 0.25) is 0 Å². The molecule has 0 saturated heterocycles. The fourth-order valence-corrected chi connectivity index (χ4v) is 1.88. The van der Waals surface area contributed by atoms with E-state index < -0.39 is 0 Å². The van der Waals surface area contributed by atoms with E-state index in [1.54, 1.807) is 0 Å². The summed E-state index contributed by atoms with van der Waals surface area (Å²) in [6, 6.07) is 0.923. The Balaban J connectivity index is 2.17. The highest BCUT2D eigenvalue weighted by molar-refractivity contribution is 4.77. The van der Waals surface area contributed by atoms with Crippen molar-refractivity contribution < 1.29 is 5.11 Å². The fraction of sp³-hybridized carbons (Fsp3) is 1.00. The van der Waals surface area contributed by atoms with Crippen molar-refractivity contribution in [3.05, 3.63) is 0 Å². The van der Waals surface area contributed by atoms with Crippen LogP contribution in [0.3, 0.4) is 0 Å². The molecule has 2 heteroatoms. The Morgan fingerprint density at radius 3 is 2.42 bits per heavy atom. The molecule has 0 aromatic carbocycles. The second kappa shape index (κ2) is 4.83. The smallest absolute Gasteiger partial charge is 0.0582 e. The third-order valence-corrected chi connectivity index (χ3v) is 2.81. The van der Waals surface area contributed by atoms with Crippen molar-refractivity contribution in [2.24, 2.45) is 5.92 Å². The number of aliphatic hydroxyl groups is 1. The Morgan fingerprint density at radius 2 is 1.92 bits per heavy atom. The van der Waals surface area contributed by atoms with E-state index in [2.05, 4.69) is 12.2 Å². The van der Waals surface area contributed by atoms with Crippen molar-refractivity contribution in [1.82, 2.24) is 5.32 Å². The predicted molar refractivity (Wildman–Crippen MR) is 51.1 cm³/mol. The first kappa shape index (κ1) is 10.0. The normalized spacial score (nSPS) is 33.2. The number of rotatable bonds is 3. The van der Waals surface area contributed by atoms with E-state index in [4.69, 9.17) is 5.11 Å². The molecule has 0 radical (unpaired) electrons. The summed E-state index contributed by atoms with van der Waals surface area (Å²) in [5.41, 5.74) is 0. The van der Waals surface area contributed by atoms with Gasteiger partial charge in [-0.1, -0.05) is 6.92 Å². The third kappa shape index (κ3) is 3.11. The van der Waals surface area contributed by atoms with Gasteiger partial charge in [-0.15, -0.1) is 0 Å². The van der Waals surface area contributed by atoms with Gasteiger partial charge in [0, 0.05) is 12.1 Å². The third-order valence-electron chi connectivity index (χ3n) is 2.81. The highest BCUT2D eigenvalue weighted by atomic mass is 16.3. The van der Waals surface area contributed by atoms with Crippen LogP contribution in [0.5, 0.6) is 0 Å². The van der Waals surface area contributed by atoms with Crippen LogP contribution in [0.15, 0.2) is 0 Å². The molecule has 0 aliphatic heterocycles. The zero-order valence-corrected chi connectivity index (χ0v) is 8.21. The Bertz CT molecular complexity index is 119. The molecule has 1 aliphatic rings. The summed E-state index contributed by atoms with van der Waals surface area (Å²) >= 11 is 0. The summed E-state index contributed by atoms with van der Waals surface area (Å²) in [5.74, 6) is 0.910. The van der Waals surface area contributed by atoms with E-state index in [0.717, 1.165) is 5.92 Å². The van der Waals surface area contributed by atoms with Crippen molar-refractivity contribution in [3.8, 4) is 0 Å². The van der Waals surface area contributed by atoms with Crippen LogP contribution < -0.4 is 5.32 Å². The van der Waals surface area contributed by atoms with E-state index in [1.807, 2.05) is 6.92 Å². The standard InChI is InChI=1S/C10H21NO/c1-8-3-5-10(6-4-8)11-9(2)7-12/h8-12H,3-7H2,1-2H3. The maximum Gasteiger partial charge on any atom is 0.0582 e. The molecule has 0 bridgehead atoms. The van der Waals surface area contributed by atoms with Gasteiger partial charge in [0.1, 0.15) is 0 Å². The first-order valence-corrected chi connectivity index (χ1v) is 5.09. The Morgan fingerprint density at radius 1 is 1.33 bits per heavy atom. The van der Waals surface area contributed by atoms with Gasteiger partial charge in [-0.05, 0) is 38.5 Å². The summed E-state index contributed by atoms with van der Waals surface area (Å²) in [6.45, 7) is 4.62. The maximum absolute atomic E-state index is 8.85. The van der Waals surface area contributed by atoms with E-state index >= 15 is 0 Å². The lowest BCUT2D eigenvalue weighted by atomic mass is 9.87. The number of hydrogen-bond acceptors (Lipinski definition) is 2. The van der Waals surface area contributed by atoms with E-state index in [9.17, 15) is 0 Å². The van der Waals surface area contributed by atoms with Crippen LogP contribution >= 0.6 is 0 Å². The molecule has 2 nitrogen and oxygen atoms in total. The van der Waals surface area contributed by atoms with Crippen LogP contribution in [0.1, 0.15) is 39.5 Å². The minimum absolute atomic E-state index is 0.256. The molecule has 1 atom stereocenters. The molecule has 1 saturated carbocycles. The summed E-state index contributed by atoms with van der Waals surface area (Å²) in [4.78, 5) is 0. The van der Waals surface area contributed by atoms with Crippen molar-refractivity contribution in [2.75, 3.05) is 6.61 Å². The van der Waals surface area contributed by atoms with Crippen LogP contribution in [-0.2, 0) is 0 Å². The lowest BCUT2D eigenvalue weighted by Gasteiger charge is -2.29. The summed E-state index contributed by atoms with van der Waals surface area (Å²) in [6.07, 6.45) is 5.25. The predicted octanol–water partition coefficient (Wildman–Crippen LogP) is 1.54. The summed E-state index contributed by atoms with van der Waals surface area (Å²) < 4.78 is 0. The average molecular weight is 171 g/mol. The van der Waals surface area contributed by atoms with Crippen molar-refractivity contribution in [1.29, 1.82) is 0 Å². The molecule has 2 N–H and O–H groups in total. The fourth-order valence-electron chi connectivity index (χ4n) is 1.88. The second-order valence-electron chi connectivity index (χ2n) is 4.21. The van der Waals surface area contributed by atoms with Gasteiger partial charge in [0.25, 0.3) is 0 Å². The van der Waals surface area contributed by atoms with Gasteiger partial charge in [-0.2, -0.15) is 0 Å². The average Bonchev–Trinajstić information content (AvgIpc) is 2.09. The SMILES string of the molecule is CC1CCC(NC(C)CO)CC1. The van der Waals surface area contributed by atoms with Crippen LogP contribution in [0, 0.1) is 5.92 Å². The molecule has 0 spiro atoms. The number of hydrogen-bond donors (Lipinski definition) is 2. The Kier molecular flexibility index (Phi) is 4.02. The van der Waals surface area contributed by atoms with Crippen LogP contribution in [0.25, 0.3) is 0 Å². The van der Waals surface area contributed by atoms with Crippen molar-refractivity contribution in [2.45, 2.75) is 51.6 Å². The lowest BCUT2D eigenvalue weighted by molar-refractivity contribution is 0.218. The number of nitrogens with one attached hydrogen (secondary N) is 1. The van der Waals surface area contributed by atoms with Gasteiger partial charge >= 0.3 is 0 Å². The molecule has 1 aliphatic carbocycles. The molecule has 0 heterocycles. The summed E-state index contributed by atoms with van der Waals surface area (Å²) in [7, 11) is 0. The first-order valence-electron chi connectivity index (χ1n) is 5.09. The minimum Gasteiger partial charge on any atom is -0.395 e. The molecular formula is C10H21NO. The van der Waals surface area contributed by atoms with Gasteiger partial charge in [-0.3, -0.25) is 0 Å². The minimum atomic E-state index is 0.256. The molecule has 1 unspecified atom stereocenters. The topological polar surface area (TPSA) is 32.3 Å². The zero-order chi connectivity index (χ0) is 8.97. The lowest BCUT2D eigenvalue weighted by Crippen LogP contribution is -2.40. The second-order valence-corrected chi connectivity index (χ2v) is 4.21. The quantitative estimate of drug-likeness (QED) is 0.675. The maximum atomic E-state index is 8.85. The molecule has 1 rings (SSSR count). The van der Waals surface area contributed by atoms with Crippen LogP contribution in [0.4, 0.5) is 0 Å². The highest BCUT2D eigenvalue weighted by Crippen LogP contribution is 2.23. The molecule has 0 aromatic rings. The zero-order valence-electron chi connectivity index (χ0n) is 8.21. The Hall–Kier alpha value is -0.0800. The Labute approximate surface area is 75.4 Å². The van der Waals surface area contributed by atoms with E-state index in [-0.39, 0.29) is 12.6 Å². The summed E-state index contributed by atoms with van der Waals surface area (Å²) in [5, 5.41) is 12.3. The van der Waals surface area contributed by atoms with E-state index in [1.165, 1.54) is 25.7 Å². The number of aliphatic hydroxyl groups excluding tert-OH is 1. The van der Waals surface area contributed by atoms with Gasteiger partial charge in [-0.25, -0.2) is 0 Å². The molecule has 72 valence electrons. The van der Waals surface area contributed by atoms with Crippen molar-refractivity contribution >= 4 is 0 Å². The molecule has 12 heavy (non-hydrogen) atoms. The molecule has 0 aromatic heterocycles. The van der Waals surface area contributed by atoms with E-state index in [0.29, 0.717) is 6.04 Å². The van der Waals surface area contributed by atoms with Crippen LogP contribution in [-0.4, -0.2) is 23.8 Å². The van der Waals surface area contributed by atoms with Crippen LogP contribution in [0.2, 0.25) is 0 Å². The first-order chi connectivity index (χ1) is 5.72. The molecule has 0 amide bonds. The van der Waals surface area contributed by atoms with Gasteiger partial charge < -0.3 is 10.4 Å². The monoisotopic (exact) mass is 171 g/mol. The van der Waals surface area contributed by atoms with Gasteiger partial charge in [0.15, 0.2) is 0 Å². The van der Waals surface area contributed by atoms with Gasteiger partial charge in [0.05, 0.1) is 6.61 Å². The molecule has 1 fully saturated rings. The highest BCUT2D eigenvalue weighted by Gasteiger charge is 2.18. The van der Waals surface area contributed by atoms with Crippen molar-refractivity contribution in [3.63, 3.8) is 0 Å². The largest absolute Gasteiger partial charge is 0.395 e. The molecular weight excluding hydrogens is 150 g/mol.